The maximum absolute atomic E-state index is 12.9. The number of carbonyl (C=O) groups is 1. The second-order valence-electron chi connectivity index (χ2n) is 7.10. The Labute approximate surface area is 139 Å². The van der Waals surface area contributed by atoms with E-state index in [1.807, 2.05) is 24.1 Å². The lowest BCUT2D eigenvalue weighted by molar-refractivity contribution is 0.0659. The molecule has 1 amide bonds. The molecular weight excluding hydrogens is 286 g/mol. The number of amides is 1. The molecule has 2 aliphatic rings. The summed E-state index contributed by atoms with van der Waals surface area (Å²) in [5.41, 5.74) is 2.18. The smallest absolute Gasteiger partial charge is 0.253 e. The van der Waals surface area contributed by atoms with Crippen LogP contribution in [0, 0.1) is 0 Å². The number of carbonyl (C=O) groups excluding carboxylic acids is 1. The van der Waals surface area contributed by atoms with Crippen LogP contribution in [-0.2, 0) is 0 Å². The van der Waals surface area contributed by atoms with Crippen LogP contribution in [0.15, 0.2) is 24.3 Å². The molecule has 1 aromatic rings. The Balaban J connectivity index is 1.69. The first-order valence-corrected chi connectivity index (χ1v) is 8.91. The van der Waals surface area contributed by atoms with Crippen LogP contribution in [0.25, 0.3) is 0 Å². The monoisotopic (exact) mass is 315 g/mol. The molecule has 1 aromatic carbocycles. The van der Waals surface area contributed by atoms with E-state index < -0.39 is 0 Å². The predicted molar refractivity (Wildman–Crippen MR) is 93.9 cm³/mol. The maximum Gasteiger partial charge on any atom is 0.253 e. The van der Waals surface area contributed by atoms with Crippen LogP contribution in [0.3, 0.4) is 0 Å². The maximum atomic E-state index is 12.9. The highest BCUT2D eigenvalue weighted by atomic mass is 16.2. The largest absolute Gasteiger partial charge is 0.339 e. The molecule has 3 rings (SSSR count). The summed E-state index contributed by atoms with van der Waals surface area (Å²) < 4.78 is 0. The number of piperidine rings is 2. The van der Waals surface area contributed by atoms with Crippen molar-refractivity contribution in [2.75, 3.05) is 40.3 Å². The summed E-state index contributed by atoms with van der Waals surface area (Å²) in [5, 5.41) is 3.41. The van der Waals surface area contributed by atoms with Crippen LogP contribution >= 0.6 is 0 Å². The van der Waals surface area contributed by atoms with Gasteiger partial charge in [-0.05, 0) is 82.5 Å². The zero-order valence-electron chi connectivity index (χ0n) is 14.4. The average Bonchev–Trinajstić information content (AvgIpc) is 2.62. The van der Waals surface area contributed by atoms with Gasteiger partial charge in [-0.15, -0.1) is 0 Å². The molecule has 2 aliphatic heterocycles. The van der Waals surface area contributed by atoms with Gasteiger partial charge in [0.1, 0.15) is 0 Å². The Kier molecular flexibility index (Phi) is 5.34. The van der Waals surface area contributed by atoms with E-state index in [9.17, 15) is 4.79 Å². The van der Waals surface area contributed by atoms with Crippen molar-refractivity contribution in [2.24, 2.45) is 0 Å². The molecule has 4 heteroatoms. The van der Waals surface area contributed by atoms with Gasteiger partial charge < -0.3 is 15.1 Å². The summed E-state index contributed by atoms with van der Waals surface area (Å²) >= 11 is 0. The van der Waals surface area contributed by atoms with E-state index in [0.29, 0.717) is 12.0 Å². The average molecular weight is 315 g/mol. The van der Waals surface area contributed by atoms with Crippen molar-refractivity contribution in [3.8, 4) is 0 Å². The van der Waals surface area contributed by atoms with E-state index in [1.54, 1.807) is 0 Å². The SMILES string of the molecule is CN1CCC(N(C)C(=O)c2cccc(C3CCNCC3)c2)CC1. The molecule has 1 N–H and O–H groups in total. The number of likely N-dealkylation sites (tertiary alicyclic amines) is 1. The van der Waals surface area contributed by atoms with Gasteiger partial charge in [-0.2, -0.15) is 0 Å². The minimum atomic E-state index is 0.176. The zero-order valence-corrected chi connectivity index (χ0v) is 14.4. The van der Waals surface area contributed by atoms with Gasteiger partial charge in [0.25, 0.3) is 5.91 Å². The quantitative estimate of drug-likeness (QED) is 0.930. The van der Waals surface area contributed by atoms with Gasteiger partial charge in [0.15, 0.2) is 0 Å². The first-order valence-electron chi connectivity index (χ1n) is 8.91. The molecular formula is C19H29N3O. The fourth-order valence-electron chi connectivity index (χ4n) is 3.83. The van der Waals surface area contributed by atoms with Crippen molar-refractivity contribution in [2.45, 2.75) is 37.6 Å². The van der Waals surface area contributed by atoms with E-state index in [1.165, 1.54) is 18.4 Å². The van der Waals surface area contributed by atoms with Gasteiger partial charge in [-0.1, -0.05) is 12.1 Å². The van der Waals surface area contributed by atoms with E-state index in [-0.39, 0.29) is 5.91 Å². The van der Waals surface area contributed by atoms with Crippen molar-refractivity contribution in [1.29, 1.82) is 0 Å². The topological polar surface area (TPSA) is 35.6 Å². The summed E-state index contributed by atoms with van der Waals surface area (Å²) in [6, 6.07) is 8.71. The standard InChI is InChI=1S/C19H29N3O/c1-21-12-8-18(9-13-21)22(2)19(23)17-5-3-4-16(14-17)15-6-10-20-11-7-15/h3-5,14-15,18,20H,6-13H2,1-2H3. The van der Waals surface area contributed by atoms with Crippen molar-refractivity contribution >= 4 is 5.91 Å². The van der Waals surface area contributed by atoms with Gasteiger partial charge in [-0.25, -0.2) is 0 Å². The highest BCUT2D eigenvalue weighted by Crippen LogP contribution is 2.26. The third-order valence-electron chi connectivity index (χ3n) is 5.50. The highest BCUT2D eigenvalue weighted by Gasteiger charge is 2.25. The molecule has 0 aliphatic carbocycles. The Morgan fingerprint density at radius 1 is 1.17 bits per heavy atom. The number of hydrogen-bond acceptors (Lipinski definition) is 3. The molecule has 0 spiro atoms. The Bertz CT molecular complexity index is 531. The molecule has 2 fully saturated rings. The summed E-state index contributed by atoms with van der Waals surface area (Å²) in [6.45, 7) is 4.32. The highest BCUT2D eigenvalue weighted by molar-refractivity contribution is 5.94. The third-order valence-corrected chi connectivity index (χ3v) is 5.50. The lowest BCUT2D eigenvalue weighted by Crippen LogP contribution is -2.44. The summed E-state index contributed by atoms with van der Waals surface area (Å²) in [5.74, 6) is 0.771. The van der Waals surface area contributed by atoms with Gasteiger partial charge >= 0.3 is 0 Å². The molecule has 2 heterocycles. The van der Waals surface area contributed by atoms with Crippen molar-refractivity contribution < 1.29 is 4.79 Å². The second-order valence-corrected chi connectivity index (χ2v) is 7.10. The molecule has 0 saturated carbocycles. The van der Waals surface area contributed by atoms with Crippen LogP contribution in [0.5, 0.6) is 0 Å². The van der Waals surface area contributed by atoms with Gasteiger partial charge in [0.2, 0.25) is 0 Å². The minimum Gasteiger partial charge on any atom is -0.339 e. The zero-order chi connectivity index (χ0) is 16.2. The number of benzene rings is 1. The Hall–Kier alpha value is -1.39. The third kappa shape index (κ3) is 3.93. The summed E-state index contributed by atoms with van der Waals surface area (Å²) in [4.78, 5) is 17.2. The molecule has 0 radical (unpaired) electrons. The Morgan fingerprint density at radius 3 is 2.57 bits per heavy atom. The van der Waals surface area contributed by atoms with E-state index in [4.69, 9.17) is 0 Å². The van der Waals surface area contributed by atoms with Crippen LogP contribution < -0.4 is 5.32 Å². The molecule has 23 heavy (non-hydrogen) atoms. The first kappa shape index (κ1) is 16.5. The molecule has 0 aromatic heterocycles. The number of nitrogens with zero attached hydrogens (tertiary/aromatic N) is 2. The van der Waals surface area contributed by atoms with E-state index >= 15 is 0 Å². The van der Waals surface area contributed by atoms with E-state index in [0.717, 1.165) is 44.6 Å². The normalized spacial score (nSPS) is 21.3. The van der Waals surface area contributed by atoms with Gasteiger partial charge in [-0.3, -0.25) is 4.79 Å². The van der Waals surface area contributed by atoms with Gasteiger partial charge in [0.05, 0.1) is 0 Å². The number of nitrogens with one attached hydrogen (secondary N) is 1. The number of rotatable bonds is 3. The fourth-order valence-corrected chi connectivity index (χ4v) is 3.83. The van der Waals surface area contributed by atoms with Crippen molar-refractivity contribution in [1.82, 2.24) is 15.1 Å². The van der Waals surface area contributed by atoms with E-state index in [2.05, 4.69) is 29.4 Å². The molecule has 2 saturated heterocycles. The second kappa shape index (κ2) is 7.45. The molecule has 0 unspecified atom stereocenters. The first-order chi connectivity index (χ1) is 11.1. The van der Waals surface area contributed by atoms with Crippen molar-refractivity contribution in [3.05, 3.63) is 35.4 Å². The van der Waals surface area contributed by atoms with Crippen LogP contribution in [0.2, 0.25) is 0 Å². The summed E-state index contributed by atoms with van der Waals surface area (Å²) in [7, 11) is 4.12. The lowest BCUT2D eigenvalue weighted by Gasteiger charge is -2.35. The van der Waals surface area contributed by atoms with Crippen LogP contribution in [0.1, 0.15) is 47.5 Å². The van der Waals surface area contributed by atoms with Crippen molar-refractivity contribution in [3.63, 3.8) is 0 Å². The summed E-state index contributed by atoms with van der Waals surface area (Å²) in [6.07, 6.45) is 4.49. The predicted octanol–water partition coefficient (Wildman–Crippen LogP) is 2.32. The van der Waals surface area contributed by atoms with Crippen LogP contribution in [0.4, 0.5) is 0 Å². The molecule has 126 valence electrons. The minimum absolute atomic E-state index is 0.176. The van der Waals surface area contributed by atoms with Gasteiger partial charge in [0, 0.05) is 18.7 Å². The Morgan fingerprint density at radius 2 is 1.87 bits per heavy atom. The van der Waals surface area contributed by atoms with Crippen LogP contribution in [-0.4, -0.2) is 62.0 Å². The lowest BCUT2D eigenvalue weighted by atomic mass is 9.89. The molecule has 0 atom stereocenters. The molecule has 4 nitrogen and oxygen atoms in total. The fraction of sp³-hybridized carbons (Fsp3) is 0.632. The molecule has 0 bridgehead atoms. The number of hydrogen-bond donors (Lipinski definition) is 1.